The van der Waals surface area contributed by atoms with Gasteiger partial charge >= 0.3 is 0 Å². The SMILES string of the molecule is CN(CC(=O)NCCOc1ccccc1)CC(C)(C)CN. The molecule has 0 radical (unpaired) electrons. The van der Waals surface area contributed by atoms with Crippen molar-refractivity contribution < 1.29 is 9.53 Å². The zero-order valence-corrected chi connectivity index (χ0v) is 13.3. The molecule has 0 atom stereocenters. The van der Waals surface area contributed by atoms with Gasteiger partial charge in [-0.05, 0) is 31.1 Å². The Labute approximate surface area is 127 Å². The van der Waals surface area contributed by atoms with Gasteiger partial charge in [-0.25, -0.2) is 0 Å². The Morgan fingerprint density at radius 1 is 1.33 bits per heavy atom. The third kappa shape index (κ3) is 7.68. The molecule has 1 amide bonds. The van der Waals surface area contributed by atoms with Gasteiger partial charge in [0.15, 0.2) is 0 Å². The van der Waals surface area contributed by atoms with Gasteiger partial charge in [0.1, 0.15) is 12.4 Å². The van der Waals surface area contributed by atoms with E-state index in [0.717, 1.165) is 12.3 Å². The van der Waals surface area contributed by atoms with Crippen LogP contribution < -0.4 is 15.8 Å². The molecular formula is C16H27N3O2. The number of nitrogens with zero attached hydrogens (tertiary/aromatic N) is 1. The average Bonchev–Trinajstić information content (AvgIpc) is 2.44. The van der Waals surface area contributed by atoms with Crippen molar-refractivity contribution in [1.29, 1.82) is 0 Å². The second-order valence-electron chi connectivity index (χ2n) is 6.05. The van der Waals surface area contributed by atoms with E-state index in [9.17, 15) is 4.79 Å². The highest BCUT2D eigenvalue weighted by Gasteiger charge is 2.19. The van der Waals surface area contributed by atoms with E-state index in [1.54, 1.807) is 0 Å². The molecule has 1 aromatic rings. The second-order valence-corrected chi connectivity index (χ2v) is 6.05. The summed E-state index contributed by atoms with van der Waals surface area (Å²) in [6.45, 7) is 6.91. The molecule has 3 N–H and O–H groups in total. The number of nitrogens with one attached hydrogen (secondary N) is 1. The van der Waals surface area contributed by atoms with Crippen LogP contribution in [-0.4, -0.2) is 50.6 Å². The number of amides is 1. The fourth-order valence-corrected chi connectivity index (χ4v) is 2.03. The minimum Gasteiger partial charge on any atom is -0.492 e. The summed E-state index contributed by atoms with van der Waals surface area (Å²) < 4.78 is 5.51. The van der Waals surface area contributed by atoms with Gasteiger partial charge in [-0.1, -0.05) is 32.0 Å². The minimum absolute atomic E-state index is 0.00184. The van der Waals surface area contributed by atoms with Crippen molar-refractivity contribution in [2.24, 2.45) is 11.1 Å². The highest BCUT2D eigenvalue weighted by Crippen LogP contribution is 2.13. The summed E-state index contributed by atoms with van der Waals surface area (Å²) in [5.74, 6) is 0.815. The molecule has 0 unspecified atom stereocenters. The molecule has 1 aromatic carbocycles. The summed E-state index contributed by atoms with van der Waals surface area (Å²) >= 11 is 0. The van der Waals surface area contributed by atoms with Crippen LogP contribution in [0.3, 0.4) is 0 Å². The Morgan fingerprint density at radius 2 is 2.00 bits per heavy atom. The van der Waals surface area contributed by atoms with Crippen LogP contribution in [0.4, 0.5) is 0 Å². The first-order valence-corrected chi connectivity index (χ1v) is 7.26. The molecule has 0 fully saturated rings. The van der Waals surface area contributed by atoms with Crippen molar-refractivity contribution in [3.05, 3.63) is 30.3 Å². The van der Waals surface area contributed by atoms with Crippen LogP contribution in [0.1, 0.15) is 13.8 Å². The Hall–Kier alpha value is -1.59. The summed E-state index contributed by atoms with van der Waals surface area (Å²) in [5, 5.41) is 2.85. The molecule has 21 heavy (non-hydrogen) atoms. The number of hydrogen-bond donors (Lipinski definition) is 2. The highest BCUT2D eigenvalue weighted by atomic mass is 16.5. The Bertz CT molecular complexity index is 421. The largest absolute Gasteiger partial charge is 0.492 e. The molecule has 0 aliphatic carbocycles. The molecule has 0 aromatic heterocycles. The zero-order chi connectivity index (χ0) is 15.7. The molecule has 0 bridgehead atoms. The first-order chi connectivity index (χ1) is 9.93. The van der Waals surface area contributed by atoms with Crippen molar-refractivity contribution in [3.8, 4) is 5.75 Å². The van der Waals surface area contributed by atoms with Gasteiger partial charge in [0, 0.05) is 6.54 Å². The van der Waals surface area contributed by atoms with Crippen molar-refractivity contribution in [1.82, 2.24) is 10.2 Å². The number of carbonyl (C=O) groups is 1. The van der Waals surface area contributed by atoms with Gasteiger partial charge in [-0.2, -0.15) is 0 Å². The molecule has 0 spiro atoms. The van der Waals surface area contributed by atoms with Crippen molar-refractivity contribution in [2.75, 3.05) is 39.8 Å². The van der Waals surface area contributed by atoms with Crippen LogP contribution in [0.2, 0.25) is 0 Å². The van der Waals surface area contributed by atoms with E-state index >= 15 is 0 Å². The number of ether oxygens (including phenoxy) is 1. The lowest BCUT2D eigenvalue weighted by Crippen LogP contribution is -2.42. The van der Waals surface area contributed by atoms with Crippen LogP contribution in [-0.2, 0) is 4.79 Å². The predicted octanol–water partition coefficient (Wildman–Crippen LogP) is 1.10. The monoisotopic (exact) mass is 293 g/mol. The molecule has 5 heteroatoms. The number of likely N-dealkylation sites (N-methyl/N-ethyl adjacent to an activating group) is 1. The minimum atomic E-state index is 0.00184. The molecule has 5 nitrogen and oxygen atoms in total. The number of para-hydroxylation sites is 1. The van der Waals surface area contributed by atoms with Gasteiger partial charge < -0.3 is 15.8 Å². The lowest BCUT2D eigenvalue weighted by molar-refractivity contribution is -0.122. The maximum atomic E-state index is 11.8. The number of rotatable bonds is 9. The Kier molecular flexibility index (Phi) is 7.19. The molecule has 0 aliphatic rings. The Morgan fingerprint density at radius 3 is 2.62 bits per heavy atom. The van der Waals surface area contributed by atoms with Gasteiger partial charge in [0.05, 0.1) is 13.1 Å². The maximum absolute atomic E-state index is 11.8. The lowest BCUT2D eigenvalue weighted by Gasteiger charge is -2.28. The first-order valence-electron chi connectivity index (χ1n) is 7.26. The van der Waals surface area contributed by atoms with Gasteiger partial charge in [0.2, 0.25) is 5.91 Å². The summed E-state index contributed by atoms with van der Waals surface area (Å²) in [6.07, 6.45) is 0. The number of benzene rings is 1. The number of carbonyl (C=O) groups excluding carboxylic acids is 1. The van der Waals surface area contributed by atoms with E-state index in [1.807, 2.05) is 42.3 Å². The van der Waals surface area contributed by atoms with Crippen LogP contribution in [0, 0.1) is 5.41 Å². The highest BCUT2D eigenvalue weighted by molar-refractivity contribution is 5.77. The van der Waals surface area contributed by atoms with E-state index in [0.29, 0.717) is 26.2 Å². The molecule has 0 saturated carbocycles. The Balaban J connectivity index is 2.16. The standard InChI is InChI=1S/C16H27N3O2/c1-16(2,12-17)13-19(3)11-15(20)18-9-10-21-14-7-5-4-6-8-14/h4-8H,9-13,17H2,1-3H3,(H,18,20). The molecule has 118 valence electrons. The first kappa shape index (κ1) is 17.5. The summed E-state index contributed by atoms with van der Waals surface area (Å²) in [5.41, 5.74) is 5.71. The third-order valence-corrected chi connectivity index (χ3v) is 3.10. The second kappa shape index (κ2) is 8.64. The van der Waals surface area contributed by atoms with E-state index < -0.39 is 0 Å². The van der Waals surface area contributed by atoms with Crippen molar-refractivity contribution in [2.45, 2.75) is 13.8 Å². The van der Waals surface area contributed by atoms with E-state index in [4.69, 9.17) is 10.5 Å². The lowest BCUT2D eigenvalue weighted by atomic mass is 9.93. The number of nitrogens with two attached hydrogens (primary N) is 1. The fraction of sp³-hybridized carbons (Fsp3) is 0.562. The molecular weight excluding hydrogens is 266 g/mol. The van der Waals surface area contributed by atoms with Crippen LogP contribution in [0.25, 0.3) is 0 Å². The summed E-state index contributed by atoms with van der Waals surface area (Å²) in [6, 6.07) is 9.56. The third-order valence-electron chi connectivity index (χ3n) is 3.10. The van der Waals surface area contributed by atoms with E-state index in [-0.39, 0.29) is 11.3 Å². The predicted molar refractivity (Wildman–Crippen MR) is 85.3 cm³/mol. The molecule has 0 heterocycles. The normalized spacial score (nSPS) is 11.5. The van der Waals surface area contributed by atoms with Gasteiger partial charge in [0.25, 0.3) is 0 Å². The quantitative estimate of drug-likeness (QED) is 0.669. The molecule has 0 aliphatic heterocycles. The van der Waals surface area contributed by atoms with Crippen molar-refractivity contribution >= 4 is 5.91 Å². The smallest absolute Gasteiger partial charge is 0.234 e. The van der Waals surface area contributed by atoms with Gasteiger partial charge in [-0.3, -0.25) is 9.69 Å². The van der Waals surface area contributed by atoms with Crippen LogP contribution in [0.5, 0.6) is 5.75 Å². The average molecular weight is 293 g/mol. The fourth-order valence-electron chi connectivity index (χ4n) is 2.03. The molecule has 0 saturated heterocycles. The topological polar surface area (TPSA) is 67.6 Å². The van der Waals surface area contributed by atoms with Crippen LogP contribution >= 0.6 is 0 Å². The summed E-state index contributed by atoms with van der Waals surface area (Å²) in [4.78, 5) is 13.8. The van der Waals surface area contributed by atoms with E-state index in [1.165, 1.54) is 0 Å². The molecule has 1 rings (SSSR count). The number of hydrogen-bond acceptors (Lipinski definition) is 4. The maximum Gasteiger partial charge on any atom is 0.234 e. The summed E-state index contributed by atoms with van der Waals surface area (Å²) in [7, 11) is 1.93. The van der Waals surface area contributed by atoms with Gasteiger partial charge in [-0.15, -0.1) is 0 Å². The zero-order valence-electron chi connectivity index (χ0n) is 13.3. The van der Waals surface area contributed by atoms with E-state index in [2.05, 4.69) is 19.2 Å². The van der Waals surface area contributed by atoms with Crippen molar-refractivity contribution in [3.63, 3.8) is 0 Å². The van der Waals surface area contributed by atoms with Crippen LogP contribution in [0.15, 0.2) is 30.3 Å².